The van der Waals surface area contributed by atoms with Gasteiger partial charge in [-0.1, -0.05) is 12.1 Å². The standard InChI is InChI=1S/C12H15N3O3S/c1-8-12(19(13,16)17)9(2)15(14-8)10-6-4-5-7-11(10)18-3/h4-7H,1-3H3,(H2,13,16,17). The summed E-state index contributed by atoms with van der Waals surface area (Å²) in [5.41, 5.74) is 1.50. The predicted octanol–water partition coefficient (Wildman–Crippen LogP) is 1.15. The second kappa shape index (κ2) is 4.67. The molecule has 0 bridgehead atoms. The van der Waals surface area contributed by atoms with E-state index in [2.05, 4.69) is 5.10 Å². The quantitative estimate of drug-likeness (QED) is 0.914. The van der Waals surface area contributed by atoms with Gasteiger partial charge in [-0.3, -0.25) is 0 Å². The molecule has 2 rings (SSSR count). The summed E-state index contributed by atoms with van der Waals surface area (Å²) in [6, 6.07) is 7.23. The van der Waals surface area contributed by atoms with E-state index in [0.717, 1.165) is 0 Å². The number of nitrogens with zero attached hydrogens (tertiary/aromatic N) is 2. The Hall–Kier alpha value is -1.86. The molecule has 0 radical (unpaired) electrons. The molecule has 0 atom stereocenters. The van der Waals surface area contributed by atoms with Crippen molar-refractivity contribution in [1.82, 2.24) is 9.78 Å². The predicted molar refractivity (Wildman–Crippen MR) is 71.0 cm³/mol. The molecule has 0 saturated carbocycles. The highest BCUT2D eigenvalue weighted by atomic mass is 32.2. The Kier molecular flexibility index (Phi) is 3.34. The van der Waals surface area contributed by atoms with Crippen LogP contribution in [0.4, 0.5) is 0 Å². The lowest BCUT2D eigenvalue weighted by Crippen LogP contribution is -2.14. The molecule has 0 aliphatic carbocycles. The van der Waals surface area contributed by atoms with Crippen molar-refractivity contribution < 1.29 is 13.2 Å². The van der Waals surface area contributed by atoms with Crippen LogP contribution in [-0.2, 0) is 10.0 Å². The molecule has 0 aliphatic rings. The molecular formula is C12H15N3O3S. The summed E-state index contributed by atoms with van der Waals surface area (Å²) in [6.45, 7) is 3.27. The number of ether oxygens (including phenoxy) is 1. The highest BCUT2D eigenvalue weighted by Crippen LogP contribution is 2.26. The first-order chi connectivity index (χ1) is 8.86. The van der Waals surface area contributed by atoms with Crippen LogP contribution in [0.15, 0.2) is 29.2 Å². The SMILES string of the molecule is COc1ccccc1-n1nc(C)c(S(N)(=O)=O)c1C. The van der Waals surface area contributed by atoms with Gasteiger partial charge >= 0.3 is 0 Å². The molecule has 2 aromatic rings. The fourth-order valence-electron chi connectivity index (χ4n) is 2.08. The second-order valence-corrected chi connectivity index (χ2v) is 5.63. The zero-order valence-electron chi connectivity index (χ0n) is 10.9. The number of primary sulfonamides is 1. The van der Waals surface area contributed by atoms with Gasteiger partial charge in [-0.15, -0.1) is 0 Å². The summed E-state index contributed by atoms with van der Waals surface area (Å²) >= 11 is 0. The highest BCUT2D eigenvalue weighted by molar-refractivity contribution is 7.89. The molecule has 1 aromatic carbocycles. The first-order valence-corrected chi connectivity index (χ1v) is 7.13. The third-order valence-electron chi connectivity index (χ3n) is 2.82. The van der Waals surface area contributed by atoms with Gasteiger partial charge in [0.1, 0.15) is 16.3 Å². The number of methoxy groups -OCH3 is 1. The molecule has 2 N–H and O–H groups in total. The first kappa shape index (κ1) is 13.6. The van der Waals surface area contributed by atoms with Crippen LogP contribution in [-0.4, -0.2) is 25.3 Å². The molecular weight excluding hydrogens is 266 g/mol. The molecule has 102 valence electrons. The van der Waals surface area contributed by atoms with Gasteiger partial charge in [0.2, 0.25) is 10.0 Å². The minimum atomic E-state index is -3.80. The van der Waals surface area contributed by atoms with Crippen molar-refractivity contribution in [3.63, 3.8) is 0 Å². The van der Waals surface area contributed by atoms with Gasteiger partial charge in [0.25, 0.3) is 0 Å². The molecule has 1 aromatic heterocycles. The fraction of sp³-hybridized carbons (Fsp3) is 0.250. The maximum atomic E-state index is 11.6. The topological polar surface area (TPSA) is 87.2 Å². The number of para-hydroxylation sites is 2. The van der Waals surface area contributed by atoms with Crippen LogP contribution in [0, 0.1) is 13.8 Å². The number of benzene rings is 1. The minimum absolute atomic E-state index is 0.0541. The average Bonchev–Trinajstić information content (AvgIpc) is 2.64. The second-order valence-electron chi connectivity index (χ2n) is 4.13. The highest BCUT2D eigenvalue weighted by Gasteiger charge is 2.22. The van der Waals surface area contributed by atoms with Crippen LogP contribution in [0.3, 0.4) is 0 Å². The number of aryl methyl sites for hydroxylation is 1. The Morgan fingerprint density at radius 1 is 1.26 bits per heavy atom. The molecule has 1 heterocycles. The Balaban J connectivity index is 2.72. The van der Waals surface area contributed by atoms with E-state index in [4.69, 9.17) is 9.88 Å². The third kappa shape index (κ3) is 2.34. The Bertz CT molecular complexity index is 720. The molecule has 0 fully saturated rings. The Morgan fingerprint density at radius 2 is 1.89 bits per heavy atom. The number of hydrogen-bond donors (Lipinski definition) is 1. The van der Waals surface area contributed by atoms with Crippen molar-refractivity contribution in [2.75, 3.05) is 7.11 Å². The van der Waals surface area contributed by atoms with E-state index in [0.29, 0.717) is 22.8 Å². The zero-order valence-corrected chi connectivity index (χ0v) is 11.7. The molecule has 0 amide bonds. The molecule has 0 aliphatic heterocycles. The summed E-state index contributed by atoms with van der Waals surface area (Å²) in [5.74, 6) is 0.606. The van der Waals surface area contributed by atoms with Crippen molar-refractivity contribution in [1.29, 1.82) is 0 Å². The van der Waals surface area contributed by atoms with Crippen molar-refractivity contribution in [3.8, 4) is 11.4 Å². The lowest BCUT2D eigenvalue weighted by atomic mass is 10.3. The molecule has 6 nitrogen and oxygen atoms in total. The van der Waals surface area contributed by atoms with Crippen LogP contribution in [0.25, 0.3) is 5.69 Å². The van der Waals surface area contributed by atoms with Crippen molar-refractivity contribution in [2.45, 2.75) is 18.7 Å². The van der Waals surface area contributed by atoms with Gasteiger partial charge in [-0.05, 0) is 26.0 Å². The molecule has 0 unspecified atom stereocenters. The van der Waals surface area contributed by atoms with Crippen LogP contribution in [0.1, 0.15) is 11.4 Å². The molecule has 0 saturated heterocycles. The fourth-order valence-corrected chi connectivity index (χ4v) is 3.03. The smallest absolute Gasteiger partial charge is 0.241 e. The van der Waals surface area contributed by atoms with E-state index in [-0.39, 0.29) is 4.90 Å². The van der Waals surface area contributed by atoms with Gasteiger partial charge in [-0.25, -0.2) is 18.2 Å². The number of aromatic nitrogens is 2. The Morgan fingerprint density at radius 3 is 2.42 bits per heavy atom. The van der Waals surface area contributed by atoms with Crippen molar-refractivity contribution in [3.05, 3.63) is 35.7 Å². The molecule has 19 heavy (non-hydrogen) atoms. The monoisotopic (exact) mass is 281 g/mol. The molecule has 0 spiro atoms. The van der Waals surface area contributed by atoms with E-state index < -0.39 is 10.0 Å². The summed E-state index contributed by atoms with van der Waals surface area (Å²) in [4.78, 5) is 0.0541. The van der Waals surface area contributed by atoms with Gasteiger partial charge in [0, 0.05) is 0 Å². The van der Waals surface area contributed by atoms with Crippen LogP contribution >= 0.6 is 0 Å². The van der Waals surface area contributed by atoms with Crippen molar-refractivity contribution in [2.24, 2.45) is 5.14 Å². The summed E-state index contributed by atoms with van der Waals surface area (Å²) in [6.07, 6.45) is 0. The van der Waals surface area contributed by atoms with Gasteiger partial charge in [-0.2, -0.15) is 5.10 Å². The summed E-state index contributed by atoms with van der Waals surface area (Å²) in [5, 5.41) is 9.44. The number of sulfonamides is 1. The molecule has 7 heteroatoms. The minimum Gasteiger partial charge on any atom is -0.494 e. The first-order valence-electron chi connectivity index (χ1n) is 5.58. The van der Waals surface area contributed by atoms with Gasteiger partial charge in [0.15, 0.2) is 0 Å². The number of nitrogens with two attached hydrogens (primary N) is 1. The largest absolute Gasteiger partial charge is 0.494 e. The number of rotatable bonds is 3. The summed E-state index contributed by atoms with van der Waals surface area (Å²) < 4.78 is 29.9. The van der Waals surface area contributed by atoms with Gasteiger partial charge < -0.3 is 4.74 Å². The average molecular weight is 281 g/mol. The normalized spacial score (nSPS) is 11.6. The van der Waals surface area contributed by atoms with Gasteiger partial charge in [0.05, 0.1) is 18.5 Å². The maximum absolute atomic E-state index is 11.6. The van der Waals surface area contributed by atoms with E-state index in [1.54, 1.807) is 33.1 Å². The van der Waals surface area contributed by atoms with E-state index >= 15 is 0 Å². The van der Waals surface area contributed by atoms with Crippen molar-refractivity contribution >= 4 is 10.0 Å². The Labute approximate surface area is 111 Å². The van der Waals surface area contributed by atoms with E-state index in [1.807, 2.05) is 12.1 Å². The zero-order chi connectivity index (χ0) is 14.2. The van der Waals surface area contributed by atoms with Crippen LogP contribution in [0.2, 0.25) is 0 Å². The maximum Gasteiger partial charge on any atom is 0.241 e. The van der Waals surface area contributed by atoms with Crippen LogP contribution < -0.4 is 9.88 Å². The third-order valence-corrected chi connectivity index (χ3v) is 3.98. The lowest BCUT2D eigenvalue weighted by molar-refractivity contribution is 0.411. The lowest BCUT2D eigenvalue weighted by Gasteiger charge is -2.09. The number of hydrogen-bond acceptors (Lipinski definition) is 4. The summed E-state index contributed by atoms with van der Waals surface area (Å²) in [7, 11) is -2.25. The van der Waals surface area contributed by atoms with E-state index in [1.165, 1.54) is 4.68 Å². The van der Waals surface area contributed by atoms with Crippen LogP contribution in [0.5, 0.6) is 5.75 Å². The van der Waals surface area contributed by atoms with E-state index in [9.17, 15) is 8.42 Å².